The molecule has 0 bridgehead atoms. The number of rotatable bonds is 6. The van der Waals surface area contributed by atoms with Crippen LogP contribution in [0.1, 0.15) is 32.1 Å². The normalized spacial score (nSPS) is 27.0. The topological polar surface area (TPSA) is 64.1 Å². The highest BCUT2D eigenvalue weighted by Crippen LogP contribution is 2.37. The van der Waals surface area contributed by atoms with Crippen molar-refractivity contribution < 1.29 is 13.5 Å². The summed E-state index contributed by atoms with van der Waals surface area (Å²) in [6.07, 6.45) is 5.02. The molecule has 0 aromatic rings. The van der Waals surface area contributed by atoms with Crippen molar-refractivity contribution in [2.45, 2.75) is 37.6 Å². The lowest BCUT2D eigenvalue weighted by molar-refractivity contribution is 0.0436. The zero-order valence-corrected chi connectivity index (χ0v) is 14.3. The Morgan fingerprint density at radius 2 is 1.90 bits per heavy atom. The quantitative estimate of drug-likeness (QED) is 0.767. The largest absolute Gasteiger partial charge is 0.396 e. The summed E-state index contributed by atoms with van der Waals surface area (Å²) in [5.74, 6) is 0.0773. The molecule has 1 unspecified atom stereocenters. The molecule has 0 amide bonds. The molecule has 1 N–H and O–H groups in total. The summed E-state index contributed by atoms with van der Waals surface area (Å²) in [7, 11) is 2.32. The Morgan fingerprint density at radius 1 is 1.24 bits per heavy atom. The minimum atomic E-state index is -3.42. The zero-order chi connectivity index (χ0) is 15.7. The van der Waals surface area contributed by atoms with Crippen LogP contribution in [0.5, 0.6) is 0 Å². The Bertz CT molecular complexity index is 448. The van der Waals surface area contributed by atoms with Crippen LogP contribution in [-0.4, -0.2) is 80.0 Å². The Kier molecular flexibility index (Phi) is 5.31. The molecule has 2 rings (SSSR count). The first-order chi connectivity index (χ1) is 9.82. The molecule has 0 radical (unpaired) electrons. The van der Waals surface area contributed by atoms with E-state index in [1.54, 1.807) is 11.4 Å². The first-order valence-electron chi connectivity index (χ1n) is 7.81. The van der Waals surface area contributed by atoms with Gasteiger partial charge in [-0.25, -0.2) is 0 Å². The van der Waals surface area contributed by atoms with Crippen molar-refractivity contribution >= 4 is 10.2 Å². The lowest BCUT2D eigenvalue weighted by atomic mass is 9.75. The summed E-state index contributed by atoms with van der Waals surface area (Å²) in [4.78, 5) is 2.16. The molecule has 1 aliphatic carbocycles. The van der Waals surface area contributed by atoms with Crippen molar-refractivity contribution in [2.75, 3.05) is 47.4 Å². The summed E-state index contributed by atoms with van der Waals surface area (Å²) in [5.41, 5.74) is -0.00597. The van der Waals surface area contributed by atoms with E-state index in [1.807, 2.05) is 14.1 Å². The third-order valence-corrected chi connectivity index (χ3v) is 7.11. The zero-order valence-electron chi connectivity index (χ0n) is 13.5. The Labute approximate surface area is 128 Å². The standard InChI is InChI=1S/C14H29N3O3S/c1-15(2)14(7-5-8-14)12-16(3)21(19,20)17-9-4-6-13(10-17)11-18/h13,18H,4-12H2,1-3H3. The molecular formula is C14H29N3O3S. The van der Waals surface area contributed by atoms with Gasteiger partial charge in [0.2, 0.25) is 0 Å². The number of nitrogens with zero attached hydrogens (tertiary/aromatic N) is 3. The minimum absolute atomic E-state index is 0.00597. The summed E-state index contributed by atoms with van der Waals surface area (Å²) in [6, 6.07) is 0. The lowest BCUT2D eigenvalue weighted by Gasteiger charge is -2.49. The highest BCUT2D eigenvalue weighted by Gasteiger charge is 2.43. The highest BCUT2D eigenvalue weighted by atomic mass is 32.2. The van der Waals surface area contributed by atoms with Gasteiger partial charge in [0.1, 0.15) is 0 Å². The molecule has 1 atom stereocenters. The van der Waals surface area contributed by atoms with Crippen LogP contribution in [-0.2, 0) is 10.2 Å². The summed E-state index contributed by atoms with van der Waals surface area (Å²) >= 11 is 0. The first-order valence-corrected chi connectivity index (χ1v) is 9.21. The third kappa shape index (κ3) is 3.42. The van der Waals surface area contributed by atoms with Gasteiger partial charge in [0.05, 0.1) is 0 Å². The second kappa shape index (κ2) is 6.50. The van der Waals surface area contributed by atoms with Crippen molar-refractivity contribution in [3.8, 4) is 0 Å². The van der Waals surface area contributed by atoms with E-state index < -0.39 is 10.2 Å². The Hall–Kier alpha value is -0.210. The molecule has 1 saturated carbocycles. The van der Waals surface area contributed by atoms with Gasteiger partial charge in [0.25, 0.3) is 10.2 Å². The molecule has 124 valence electrons. The van der Waals surface area contributed by atoms with Crippen LogP contribution < -0.4 is 0 Å². The van der Waals surface area contributed by atoms with Crippen molar-refractivity contribution in [1.29, 1.82) is 0 Å². The number of likely N-dealkylation sites (N-methyl/N-ethyl adjacent to an activating group) is 2. The van der Waals surface area contributed by atoms with Crippen molar-refractivity contribution in [3.05, 3.63) is 0 Å². The van der Waals surface area contributed by atoms with Crippen LogP contribution in [0.2, 0.25) is 0 Å². The van der Waals surface area contributed by atoms with Crippen molar-refractivity contribution in [3.63, 3.8) is 0 Å². The second-order valence-corrected chi connectivity index (χ2v) is 8.82. The van der Waals surface area contributed by atoms with Crippen molar-refractivity contribution in [2.24, 2.45) is 5.92 Å². The van der Waals surface area contributed by atoms with Crippen molar-refractivity contribution in [1.82, 2.24) is 13.5 Å². The van der Waals surface area contributed by atoms with E-state index in [4.69, 9.17) is 0 Å². The van der Waals surface area contributed by atoms with Crippen LogP contribution in [0.3, 0.4) is 0 Å². The van der Waals surface area contributed by atoms with Gasteiger partial charge in [-0.15, -0.1) is 0 Å². The molecule has 0 aromatic carbocycles. The average Bonchev–Trinajstić information content (AvgIpc) is 2.42. The van der Waals surface area contributed by atoms with E-state index in [2.05, 4.69) is 4.90 Å². The molecular weight excluding hydrogens is 290 g/mol. The molecule has 6 nitrogen and oxygen atoms in total. The fourth-order valence-electron chi connectivity index (χ4n) is 3.41. The maximum absolute atomic E-state index is 12.7. The number of hydrogen-bond donors (Lipinski definition) is 1. The van der Waals surface area contributed by atoms with Gasteiger partial charge in [-0.05, 0) is 52.1 Å². The maximum atomic E-state index is 12.7. The summed E-state index contributed by atoms with van der Waals surface area (Å²) in [6.45, 7) is 1.62. The van der Waals surface area contributed by atoms with Gasteiger partial charge >= 0.3 is 0 Å². The fourth-order valence-corrected chi connectivity index (χ4v) is 4.97. The van der Waals surface area contributed by atoms with Crippen LogP contribution in [0.25, 0.3) is 0 Å². The van der Waals surface area contributed by atoms with E-state index in [9.17, 15) is 13.5 Å². The Balaban J connectivity index is 2.04. The maximum Gasteiger partial charge on any atom is 0.281 e. The van der Waals surface area contributed by atoms with Gasteiger partial charge in [-0.2, -0.15) is 17.0 Å². The van der Waals surface area contributed by atoms with E-state index >= 15 is 0 Å². The number of aliphatic hydroxyl groups excluding tert-OH is 1. The minimum Gasteiger partial charge on any atom is -0.396 e. The van der Waals surface area contributed by atoms with Crippen LogP contribution in [0.4, 0.5) is 0 Å². The average molecular weight is 319 g/mol. The monoisotopic (exact) mass is 319 g/mol. The second-order valence-electron chi connectivity index (χ2n) is 6.78. The predicted octanol–water partition coefficient (Wildman–Crippen LogP) is 0.352. The molecule has 1 saturated heterocycles. The van der Waals surface area contributed by atoms with E-state index in [0.717, 1.165) is 25.7 Å². The molecule has 1 aliphatic heterocycles. The number of hydrogen-bond acceptors (Lipinski definition) is 4. The highest BCUT2D eigenvalue weighted by molar-refractivity contribution is 7.86. The SMILES string of the molecule is CN(C)C1(CN(C)S(=O)(=O)N2CCCC(CO)C2)CCC1. The molecule has 0 spiro atoms. The summed E-state index contributed by atoms with van der Waals surface area (Å²) in [5, 5.41) is 9.28. The summed E-state index contributed by atoms with van der Waals surface area (Å²) < 4.78 is 28.5. The number of aliphatic hydroxyl groups is 1. The number of piperidine rings is 1. The van der Waals surface area contributed by atoms with E-state index in [0.29, 0.717) is 19.6 Å². The molecule has 1 heterocycles. The van der Waals surface area contributed by atoms with Gasteiger partial charge in [-0.3, -0.25) is 0 Å². The molecule has 2 fully saturated rings. The molecule has 21 heavy (non-hydrogen) atoms. The van der Waals surface area contributed by atoms with Crippen LogP contribution in [0, 0.1) is 5.92 Å². The first kappa shape index (κ1) is 17.1. The predicted molar refractivity (Wildman–Crippen MR) is 83.2 cm³/mol. The van der Waals surface area contributed by atoms with Crippen LogP contribution >= 0.6 is 0 Å². The van der Waals surface area contributed by atoms with Crippen LogP contribution in [0.15, 0.2) is 0 Å². The van der Waals surface area contributed by atoms with Gasteiger partial charge in [0, 0.05) is 38.8 Å². The Morgan fingerprint density at radius 3 is 2.38 bits per heavy atom. The smallest absolute Gasteiger partial charge is 0.281 e. The van der Waals surface area contributed by atoms with Gasteiger partial charge < -0.3 is 10.0 Å². The van der Waals surface area contributed by atoms with E-state index in [1.165, 1.54) is 10.7 Å². The van der Waals surface area contributed by atoms with Gasteiger partial charge in [-0.1, -0.05) is 0 Å². The third-order valence-electron chi connectivity index (χ3n) is 5.21. The lowest BCUT2D eigenvalue weighted by Crippen LogP contribution is -2.59. The molecule has 0 aromatic heterocycles. The molecule has 7 heteroatoms. The van der Waals surface area contributed by atoms with E-state index in [-0.39, 0.29) is 18.1 Å². The van der Waals surface area contributed by atoms with Gasteiger partial charge in [0.15, 0.2) is 0 Å². The fraction of sp³-hybridized carbons (Fsp3) is 1.00. The molecule has 2 aliphatic rings.